The molecule has 1 amide bonds. The number of hydrogen-bond acceptors (Lipinski definition) is 5. The van der Waals surface area contributed by atoms with E-state index in [1.807, 2.05) is 12.1 Å². The number of rotatable bonds is 8. The summed E-state index contributed by atoms with van der Waals surface area (Å²) >= 11 is 0. The number of hydrogen-bond donors (Lipinski definition) is 1. The maximum Gasteiger partial charge on any atom is 0.295 e. The van der Waals surface area contributed by atoms with Crippen LogP contribution >= 0.6 is 0 Å². The molecule has 1 aliphatic rings. The van der Waals surface area contributed by atoms with Crippen molar-refractivity contribution in [3.05, 3.63) is 71.6 Å². The van der Waals surface area contributed by atoms with Gasteiger partial charge in [-0.05, 0) is 38.2 Å². The topological polar surface area (TPSA) is 73.7 Å². The molecule has 1 N–H and O–H groups in total. The molecule has 1 aliphatic heterocycles. The number of Topliss-reactive ketones (excluding diaryl/α,β-unsaturated/α-hetero) is 1. The van der Waals surface area contributed by atoms with E-state index in [9.17, 15) is 14.7 Å². The zero-order valence-corrected chi connectivity index (χ0v) is 16.9. The Bertz CT molecular complexity index is 877. The Kier molecular flexibility index (Phi) is 6.77. The predicted molar refractivity (Wildman–Crippen MR) is 112 cm³/mol. The molecular formula is C23H27N3O3. The van der Waals surface area contributed by atoms with Gasteiger partial charge in [0.1, 0.15) is 11.8 Å². The van der Waals surface area contributed by atoms with Crippen LogP contribution in [0.4, 0.5) is 0 Å². The second-order valence-corrected chi connectivity index (χ2v) is 6.99. The fourth-order valence-electron chi connectivity index (χ4n) is 3.71. The lowest BCUT2D eigenvalue weighted by Crippen LogP contribution is -2.33. The standard InChI is InChI=1S/C23H27N3O3/c1-3-25(4-2)15-10-16-26-20(18-13-8-9-14-24-18)19(22(28)23(26)29)21(27)17-11-6-5-7-12-17/h5-9,11-14,20,27H,3-4,10,15-16H2,1-2H3/b21-19-. The number of carbonyl (C=O) groups is 2. The second kappa shape index (κ2) is 9.47. The van der Waals surface area contributed by atoms with Gasteiger partial charge in [-0.3, -0.25) is 14.6 Å². The summed E-state index contributed by atoms with van der Waals surface area (Å²) in [5.41, 5.74) is 1.18. The van der Waals surface area contributed by atoms with Gasteiger partial charge in [0.25, 0.3) is 11.7 Å². The van der Waals surface area contributed by atoms with Crippen LogP contribution in [-0.2, 0) is 9.59 Å². The van der Waals surface area contributed by atoms with Gasteiger partial charge in [0.2, 0.25) is 0 Å². The molecule has 0 spiro atoms. The predicted octanol–water partition coefficient (Wildman–Crippen LogP) is 3.24. The largest absolute Gasteiger partial charge is 0.507 e. The summed E-state index contributed by atoms with van der Waals surface area (Å²) < 4.78 is 0. The third-order valence-corrected chi connectivity index (χ3v) is 5.32. The molecule has 3 rings (SSSR count). The molecule has 0 radical (unpaired) electrons. The van der Waals surface area contributed by atoms with Crippen LogP contribution in [-0.4, -0.2) is 57.8 Å². The smallest absolute Gasteiger partial charge is 0.295 e. The van der Waals surface area contributed by atoms with Crippen molar-refractivity contribution in [2.75, 3.05) is 26.2 Å². The molecule has 29 heavy (non-hydrogen) atoms. The van der Waals surface area contributed by atoms with E-state index in [-0.39, 0.29) is 11.3 Å². The number of benzene rings is 1. The fourth-order valence-corrected chi connectivity index (χ4v) is 3.71. The van der Waals surface area contributed by atoms with E-state index in [1.54, 1.807) is 47.5 Å². The molecule has 1 unspecified atom stereocenters. The first-order valence-corrected chi connectivity index (χ1v) is 10.1. The highest BCUT2D eigenvalue weighted by molar-refractivity contribution is 6.46. The Hall–Kier alpha value is -2.99. The maximum absolute atomic E-state index is 12.9. The van der Waals surface area contributed by atoms with Crippen LogP contribution in [0.25, 0.3) is 5.76 Å². The monoisotopic (exact) mass is 393 g/mol. The molecule has 0 aliphatic carbocycles. The zero-order chi connectivity index (χ0) is 20.8. The lowest BCUT2D eigenvalue weighted by Gasteiger charge is -2.26. The van der Waals surface area contributed by atoms with E-state index < -0.39 is 17.7 Å². The molecule has 6 heteroatoms. The highest BCUT2D eigenvalue weighted by atomic mass is 16.3. The highest BCUT2D eigenvalue weighted by Gasteiger charge is 2.46. The summed E-state index contributed by atoms with van der Waals surface area (Å²) in [6, 6.07) is 13.5. The van der Waals surface area contributed by atoms with E-state index in [0.717, 1.165) is 26.1 Å². The third kappa shape index (κ3) is 4.38. The average molecular weight is 393 g/mol. The molecule has 0 saturated carbocycles. The summed E-state index contributed by atoms with van der Waals surface area (Å²) in [6.07, 6.45) is 2.37. The summed E-state index contributed by atoms with van der Waals surface area (Å²) in [7, 11) is 0. The molecule has 2 heterocycles. The average Bonchev–Trinajstić information content (AvgIpc) is 3.02. The minimum absolute atomic E-state index is 0.0998. The van der Waals surface area contributed by atoms with Crippen molar-refractivity contribution in [2.45, 2.75) is 26.3 Å². The highest BCUT2D eigenvalue weighted by Crippen LogP contribution is 2.38. The lowest BCUT2D eigenvalue weighted by atomic mass is 9.98. The molecule has 2 aromatic rings. The first-order chi connectivity index (χ1) is 14.1. The summed E-state index contributed by atoms with van der Waals surface area (Å²) in [5.74, 6) is -1.41. The number of aliphatic hydroxyl groups is 1. The Morgan fingerprint density at radius 1 is 1.07 bits per heavy atom. The number of likely N-dealkylation sites (tertiary alicyclic amines) is 1. The third-order valence-electron chi connectivity index (χ3n) is 5.32. The van der Waals surface area contributed by atoms with Gasteiger partial charge in [-0.1, -0.05) is 50.2 Å². The van der Waals surface area contributed by atoms with Crippen molar-refractivity contribution in [3.63, 3.8) is 0 Å². The first-order valence-electron chi connectivity index (χ1n) is 10.1. The van der Waals surface area contributed by atoms with Crippen molar-refractivity contribution in [2.24, 2.45) is 0 Å². The second-order valence-electron chi connectivity index (χ2n) is 6.99. The van der Waals surface area contributed by atoms with Gasteiger partial charge < -0.3 is 14.9 Å². The van der Waals surface area contributed by atoms with Crippen LogP contribution in [0, 0.1) is 0 Å². The Morgan fingerprint density at radius 2 is 1.76 bits per heavy atom. The Morgan fingerprint density at radius 3 is 2.38 bits per heavy atom. The summed E-state index contributed by atoms with van der Waals surface area (Å²) in [4.78, 5) is 33.9. The van der Waals surface area contributed by atoms with Gasteiger partial charge in [-0.15, -0.1) is 0 Å². The van der Waals surface area contributed by atoms with Crippen LogP contribution in [0.3, 0.4) is 0 Å². The quantitative estimate of drug-likeness (QED) is 0.423. The van der Waals surface area contributed by atoms with Crippen LogP contribution in [0.5, 0.6) is 0 Å². The van der Waals surface area contributed by atoms with Crippen LogP contribution in [0.1, 0.15) is 37.6 Å². The molecule has 1 atom stereocenters. The van der Waals surface area contributed by atoms with Crippen LogP contribution in [0.15, 0.2) is 60.3 Å². The number of aromatic nitrogens is 1. The Labute approximate surface area is 171 Å². The molecule has 6 nitrogen and oxygen atoms in total. The molecule has 0 bridgehead atoms. The molecule has 1 aromatic heterocycles. The van der Waals surface area contributed by atoms with E-state index in [4.69, 9.17) is 0 Å². The lowest BCUT2D eigenvalue weighted by molar-refractivity contribution is -0.140. The van der Waals surface area contributed by atoms with Crippen molar-refractivity contribution in [1.29, 1.82) is 0 Å². The van der Waals surface area contributed by atoms with Crippen molar-refractivity contribution >= 4 is 17.4 Å². The number of pyridine rings is 1. The van der Waals surface area contributed by atoms with Gasteiger partial charge in [-0.25, -0.2) is 0 Å². The number of amides is 1. The van der Waals surface area contributed by atoms with Gasteiger partial charge in [0, 0.05) is 18.3 Å². The SMILES string of the molecule is CCN(CC)CCCN1C(=O)C(=O)/C(=C(\O)c2ccccc2)C1c1ccccn1. The van der Waals surface area contributed by atoms with Gasteiger partial charge in [0.05, 0.1) is 11.3 Å². The van der Waals surface area contributed by atoms with E-state index >= 15 is 0 Å². The number of aliphatic hydroxyl groups excluding tert-OH is 1. The molecular weight excluding hydrogens is 366 g/mol. The van der Waals surface area contributed by atoms with Gasteiger partial charge >= 0.3 is 0 Å². The van der Waals surface area contributed by atoms with Crippen LogP contribution in [0.2, 0.25) is 0 Å². The molecule has 1 saturated heterocycles. The van der Waals surface area contributed by atoms with Crippen molar-refractivity contribution < 1.29 is 14.7 Å². The number of carbonyl (C=O) groups excluding carboxylic acids is 2. The van der Waals surface area contributed by atoms with Crippen molar-refractivity contribution in [1.82, 2.24) is 14.8 Å². The minimum atomic E-state index is -0.687. The summed E-state index contributed by atoms with van der Waals surface area (Å²) in [5, 5.41) is 10.9. The van der Waals surface area contributed by atoms with E-state index in [1.165, 1.54) is 0 Å². The zero-order valence-electron chi connectivity index (χ0n) is 16.9. The fraction of sp³-hybridized carbons (Fsp3) is 0.348. The van der Waals surface area contributed by atoms with Gasteiger partial charge in [0.15, 0.2) is 0 Å². The molecule has 1 aromatic carbocycles. The van der Waals surface area contributed by atoms with Crippen molar-refractivity contribution in [3.8, 4) is 0 Å². The normalized spacial score (nSPS) is 18.6. The van der Waals surface area contributed by atoms with E-state index in [0.29, 0.717) is 17.8 Å². The van der Waals surface area contributed by atoms with Crippen LogP contribution < -0.4 is 0 Å². The molecule has 152 valence electrons. The van der Waals surface area contributed by atoms with E-state index in [2.05, 4.69) is 23.7 Å². The first kappa shape index (κ1) is 20.7. The Balaban J connectivity index is 1.98. The number of ketones is 1. The summed E-state index contributed by atoms with van der Waals surface area (Å²) in [6.45, 7) is 7.34. The molecule has 1 fully saturated rings. The number of nitrogens with zero attached hydrogens (tertiary/aromatic N) is 3. The van der Waals surface area contributed by atoms with Gasteiger partial charge in [-0.2, -0.15) is 0 Å². The minimum Gasteiger partial charge on any atom is -0.507 e. The maximum atomic E-state index is 12.9.